The molecule has 2 heterocycles. The largest absolute Gasteiger partial charge is 0.469 e. The van der Waals surface area contributed by atoms with Crippen molar-refractivity contribution < 1.29 is 13.6 Å². The van der Waals surface area contributed by atoms with Gasteiger partial charge in [0.05, 0.1) is 17.1 Å². The molecule has 0 unspecified atom stereocenters. The summed E-state index contributed by atoms with van der Waals surface area (Å²) < 4.78 is 10.5. The van der Waals surface area contributed by atoms with Crippen LogP contribution in [0.4, 0.5) is 0 Å². The average molecular weight is 253 g/mol. The molecule has 7 heteroatoms. The van der Waals surface area contributed by atoms with Crippen LogP contribution in [0, 0.1) is 6.92 Å². The molecule has 0 aliphatic carbocycles. The molecule has 2 rings (SSSR count). The molecule has 6 nitrogen and oxygen atoms in total. The van der Waals surface area contributed by atoms with Gasteiger partial charge in [-0.05, 0) is 19.9 Å². The maximum atomic E-state index is 10.9. The zero-order valence-corrected chi connectivity index (χ0v) is 10.2. The van der Waals surface area contributed by atoms with E-state index in [2.05, 4.69) is 10.2 Å². The van der Waals surface area contributed by atoms with Crippen molar-refractivity contribution >= 4 is 17.7 Å². The number of aryl methyl sites for hydroxylation is 1. The minimum atomic E-state index is -0.422. The predicted octanol–water partition coefficient (Wildman–Crippen LogP) is 1.60. The maximum Gasteiger partial charge on any atom is 0.277 e. The van der Waals surface area contributed by atoms with Gasteiger partial charge in [0.1, 0.15) is 5.76 Å². The molecule has 0 bridgehead atoms. The van der Waals surface area contributed by atoms with Crippen LogP contribution in [-0.4, -0.2) is 21.4 Å². The first-order chi connectivity index (χ1) is 8.08. The Balaban J connectivity index is 2.17. The van der Waals surface area contributed by atoms with E-state index >= 15 is 0 Å². The quantitative estimate of drug-likeness (QED) is 0.831. The number of nitrogens with zero attached hydrogens (tertiary/aromatic N) is 2. The molecule has 0 aromatic carbocycles. The van der Waals surface area contributed by atoms with Crippen LogP contribution in [0.2, 0.25) is 0 Å². The number of hydrogen-bond acceptors (Lipinski definition) is 6. The van der Waals surface area contributed by atoms with Gasteiger partial charge in [-0.15, -0.1) is 10.2 Å². The molecular formula is C10H11N3O3S. The highest BCUT2D eigenvalue weighted by atomic mass is 32.2. The van der Waals surface area contributed by atoms with Crippen molar-refractivity contribution in [2.24, 2.45) is 5.73 Å². The van der Waals surface area contributed by atoms with E-state index < -0.39 is 11.2 Å². The van der Waals surface area contributed by atoms with Crippen LogP contribution >= 0.6 is 11.8 Å². The smallest absolute Gasteiger partial charge is 0.277 e. The molecule has 2 N–H and O–H groups in total. The van der Waals surface area contributed by atoms with Crippen LogP contribution in [0.25, 0.3) is 11.5 Å². The number of hydrogen-bond donors (Lipinski definition) is 1. The van der Waals surface area contributed by atoms with E-state index in [4.69, 9.17) is 14.6 Å². The van der Waals surface area contributed by atoms with Gasteiger partial charge in [-0.25, -0.2) is 0 Å². The summed E-state index contributed by atoms with van der Waals surface area (Å²) in [6, 6.07) is 1.74. The highest BCUT2D eigenvalue weighted by Crippen LogP contribution is 2.27. The fraction of sp³-hybridized carbons (Fsp3) is 0.300. The second-order valence-corrected chi connectivity index (χ2v) is 4.72. The highest BCUT2D eigenvalue weighted by Gasteiger charge is 2.17. The Labute approximate surface area is 102 Å². The number of aromatic nitrogens is 2. The second-order valence-electron chi connectivity index (χ2n) is 3.43. The first-order valence-corrected chi connectivity index (χ1v) is 5.80. The van der Waals surface area contributed by atoms with Gasteiger partial charge < -0.3 is 14.6 Å². The number of furan rings is 1. The molecule has 17 heavy (non-hydrogen) atoms. The van der Waals surface area contributed by atoms with E-state index in [1.807, 2.05) is 0 Å². The lowest BCUT2D eigenvalue weighted by Crippen LogP contribution is -2.22. The molecule has 0 fully saturated rings. The van der Waals surface area contributed by atoms with Crippen LogP contribution in [0.15, 0.2) is 26.4 Å². The first kappa shape index (κ1) is 11.7. The summed E-state index contributed by atoms with van der Waals surface area (Å²) in [7, 11) is 0. The fourth-order valence-electron chi connectivity index (χ4n) is 1.18. The molecule has 90 valence electrons. The molecule has 1 amide bonds. The Morgan fingerprint density at radius 3 is 2.88 bits per heavy atom. The molecule has 0 aliphatic heterocycles. The summed E-state index contributed by atoms with van der Waals surface area (Å²) in [5.41, 5.74) is 5.89. The van der Waals surface area contributed by atoms with Crippen LogP contribution in [0.3, 0.4) is 0 Å². The van der Waals surface area contributed by atoms with E-state index in [9.17, 15) is 4.79 Å². The fourth-order valence-corrected chi connectivity index (χ4v) is 1.82. The standard InChI is InChI=1S/C10H11N3O3S/c1-5-7(3-4-15-5)9-12-13-10(16-9)17-6(2)8(11)14/h3-4,6H,1-2H3,(H2,11,14)/t6-/m1/s1. The van der Waals surface area contributed by atoms with Crippen LogP contribution in [0.1, 0.15) is 12.7 Å². The monoisotopic (exact) mass is 253 g/mol. The third-order valence-corrected chi connectivity index (χ3v) is 3.13. The van der Waals surface area contributed by atoms with Gasteiger partial charge >= 0.3 is 0 Å². The summed E-state index contributed by atoms with van der Waals surface area (Å²) in [5, 5.41) is 7.62. The summed E-state index contributed by atoms with van der Waals surface area (Å²) in [6.07, 6.45) is 1.55. The molecule has 0 saturated carbocycles. The number of amides is 1. The minimum Gasteiger partial charge on any atom is -0.469 e. The van der Waals surface area contributed by atoms with Crippen molar-refractivity contribution in [3.63, 3.8) is 0 Å². The summed E-state index contributed by atoms with van der Waals surface area (Å²) in [6.45, 7) is 3.48. The molecule has 2 aromatic rings. The SMILES string of the molecule is Cc1occc1-c1nnc(S[C@H](C)C(N)=O)o1. The highest BCUT2D eigenvalue weighted by molar-refractivity contribution is 8.00. The number of carbonyl (C=O) groups is 1. The van der Waals surface area contributed by atoms with Crippen molar-refractivity contribution in [3.05, 3.63) is 18.1 Å². The number of primary amides is 1. The molecular weight excluding hydrogens is 242 g/mol. The Kier molecular flexibility index (Phi) is 3.19. The molecule has 1 atom stereocenters. The third kappa shape index (κ3) is 2.50. The predicted molar refractivity (Wildman–Crippen MR) is 61.3 cm³/mol. The van der Waals surface area contributed by atoms with Gasteiger partial charge in [0.2, 0.25) is 5.91 Å². The normalized spacial score (nSPS) is 12.6. The van der Waals surface area contributed by atoms with Crippen LogP contribution in [-0.2, 0) is 4.79 Å². The third-order valence-electron chi connectivity index (χ3n) is 2.17. The second kappa shape index (κ2) is 4.62. The van der Waals surface area contributed by atoms with E-state index in [0.29, 0.717) is 16.9 Å². The topological polar surface area (TPSA) is 95.1 Å². The van der Waals surface area contributed by atoms with Crippen LogP contribution < -0.4 is 5.73 Å². The van der Waals surface area contributed by atoms with Gasteiger partial charge in [0.25, 0.3) is 11.1 Å². The molecule has 0 aliphatic rings. The van der Waals surface area contributed by atoms with Crippen molar-refractivity contribution in [2.45, 2.75) is 24.3 Å². The molecule has 0 spiro atoms. The molecule has 0 radical (unpaired) electrons. The number of nitrogens with two attached hydrogens (primary N) is 1. The van der Waals surface area contributed by atoms with E-state index in [1.54, 1.807) is 26.2 Å². The van der Waals surface area contributed by atoms with Gasteiger partial charge in [0, 0.05) is 0 Å². The van der Waals surface area contributed by atoms with Crippen molar-refractivity contribution in [3.8, 4) is 11.5 Å². The molecule has 2 aromatic heterocycles. The Hall–Kier alpha value is -1.76. The molecule has 0 saturated heterocycles. The van der Waals surface area contributed by atoms with Gasteiger partial charge in [-0.3, -0.25) is 4.79 Å². The Bertz CT molecular complexity index is 534. The number of thioether (sulfide) groups is 1. The van der Waals surface area contributed by atoms with Gasteiger partial charge in [0.15, 0.2) is 0 Å². The lowest BCUT2D eigenvalue weighted by Gasteiger charge is -2.00. The van der Waals surface area contributed by atoms with Crippen LogP contribution in [0.5, 0.6) is 0 Å². The Morgan fingerprint density at radius 1 is 1.53 bits per heavy atom. The van der Waals surface area contributed by atoms with E-state index in [1.165, 1.54) is 0 Å². The van der Waals surface area contributed by atoms with Crippen molar-refractivity contribution in [2.75, 3.05) is 0 Å². The van der Waals surface area contributed by atoms with E-state index in [0.717, 1.165) is 17.3 Å². The van der Waals surface area contributed by atoms with Gasteiger partial charge in [-0.2, -0.15) is 0 Å². The minimum absolute atomic E-state index is 0.312. The summed E-state index contributed by atoms with van der Waals surface area (Å²) in [5.74, 6) is 0.651. The summed E-state index contributed by atoms with van der Waals surface area (Å²) >= 11 is 1.13. The maximum absolute atomic E-state index is 10.9. The Morgan fingerprint density at radius 2 is 2.29 bits per heavy atom. The lowest BCUT2D eigenvalue weighted by molar-refractivity contribution is -0.117. The lowest BCUT2D eigenvalue weighted by atomic mass is 10.3. The van der Waals surface area contributed by atoms with Gasteiger partial charge in [-0.1, -0.05) is 11.8 Å². The first-order valence-electron chi connectivity index (χ1n) is 4.92. The van der Waals surface area contributed by atoms with E-state index in [-0.39, 0.29) is 0 Å². The number of carbonyl (C=O) groups excluding carboxylic acids is 1. The van der Waals surface area contributed by atoms with Crippen molar-refractivity contribution in [1.82, 2.24) is 10.2 Å². The number of rotatable bonds is 4. The van der Waals surface area contributed by atoms with Crippen molar-refractivity contribution in [1.29, 1.82) is 0 Å². The summed E-state index contributed by atoms with van der Waals surface area (Å²) in [4.78, 5) is 10.9. The zero-order chi connectivity index (χ0) is 12.4. The average Bonchev–Trinajstić information content (AvgIpc) is 2.86. The zero-order valence-electron chi connectivity index (χ0n) is 9.34.